The molecule has 0 radical (unpaired) electrons. The average molecular weight is 400 g/mol. The molecule has 0 saturated heterocycles. The first-order chi connectivity index (χ1) is 13.8. The molecule has 2 N–H and O–H groups in total. The van der Waals surface area contributed by atoms with Gasteiger partial charge in [0.05, 0.1) is 16.6 Å². The molecule has 0 aliphatic heterocycles. The van der Waals surface area contributed by atoms with E-state index in [-0.39, 0.29) is 11.6 Å². The molecule has 0 amide bonds. The molecule has 0 fully saturated rings. The third-order valence-corrected chi connectivity index (χ3v) is 3.71. The quantitative estimate of drug-likeness (QED) is 0.468. The maximum Gasteiger partial charge on any atom is 0.421 e. The van der Waals surface area contributed by atoms with Crippen LogP contribution in [0.25, 0.3) is 0 Å². The van der Waals surface area contributed by atoms with Crippen LogP contribution in [-0.4, -0.2) is 14.9 Å². The van der Waals surface area contributed by atoms with Crippen LogP contribution < -0.4 is 10.6 Å². The number of benzene rings is 2. The molecule has 0 saturated carbocycles. The van der Waals surface area contributed by atoms with Crippen molar-refractivity contribution in [2.75, 3.05) is 10.6 Å². The molecule has 1 aromatic heterocycles. The molecule has 11 heteroatoms. The van der Waals surface area contributed by atoms with E-state index in [1.165, 1.54) is 48.5 Å². The van der Waals surface area contributed by atoms with Crippen molar-refractivity contribution in [1.82, 2.24) is 9.97 Å². The van der Waals surface area contributed by atoms with E-state index in [9.17, 15) is 23.3 Å². The van der Waals surface area contributed by atoms with Crippen molar-refractivity contribution in [3.8, 4) is 6.07 Å². The predicted octanol–water partition coefficient (Wildman–Crippen LogP) is 4.76. The zero-order chi connectivity index (χ0) is 21.0. The van der Waals surface area contributed by atoms with Crippen LogP contribution >= 0.6 is 0 Å². The van der Waals surface area contributed by atoms with Crippen molar-refractivity contribution >= 4 is 28.8 Å². The molecule has 146 valence electrons. The first-order valence-electron chi connectivity index (χ1n) is 7.99. The molecule has 0 atom stereocenters. The zero-order valence-electron chi connectivity index (χ0n) is 14.4. The third kappa shape index (κ3) is 4.75. The topological polar surface area (TPSA) is 117 Å². The molecule has 8 nitrogen and oxygen atoms in total. The summed E-state index contributed by atoms with van der Waals surface area (Å²) in [6, 6.07) is 13.0. The lowest BCUT2D eigenvalue weighted by atomic mass is 10.2. The monoisotopic (exact) mass is 400 g/mol. The summed E-state index contributed by atoms with van der Waals surface area (Å²) in [5.41, 5.74) is -0.188. The zero-order valence-corrected chi connectivity index (χ0v) is 14.4. The van der Waals surface area contributed by atoms with Crippen LogP contribution in [0, 0.1) is 21.4 Å². The fourth-order valence-electron chi connectivity index (χ4n) is 2.31. The lowest BCUT2D eigenvalue weighted by Gasteiger charge is -2.15. The van der Waals surface area contributed by atoms with Gasteiger partial charge in [-0.2, -0.15) is 23.4 Å². The van der Waals surface area contributed by atoms with Gasteiger partial charge in [0.1, 0.15) is 11.4 Å². The normalized spacial score (nSPS) is 10.8. The van der Waals surface area contributed by atoms with Crippen molar-refractivity contribution in [2.24, 2.45) is 0 Å². The van der Waals surface area contributed by atoms with Gasteiger partial charge in [0, 0.05) is 29.7 Å². The summed E-state index contributed by atoms with van der Waals surface area (Å²) in [4.78, 5) is 17.7. The predicted molar refractivity (Wildman–Crippen MR) is 97.9 cm³/mol. The number of nitrogens with one attached hydrogen (secondary N) is 2. The highest BCUT2D eigenvalue weighted by atomic mass is 19.4. The Bertz CT molecular complexity index is 1080. The smallest absolute Gasteiger partial charge is 0.340 e. The van der Waals surface area contributed by atoms with Gasteiger partial charge in [0.25, 0.3) is 5.69 Å². The Labute approximate surface area is 161 Å². The number of alkyl halides is 3. The van der Waals surface area contributed by atoms with E-state index in [4.69, 9.17) is 5.26 Å². The Hall–Kier alpha value is -4.20. The molecule has 0 bridgehead atoms. The van der Waals surface area contributed by atoms with Crippen LogP contribution in [0.4, 0.5) is 42.0 Å². The number of nitriles is 1. The highest BCUT2D eigenvalue weighted by molar-refractivity contribution is 5.63. The molecule has 2 aromatic carbocycles. The molecule has 0 aliphatic carbocycles. The molecule has 3 rings (SSSR count). The SMILES string of the molecule is N#Cc1ccc(Nc2nc(Nc3ccc([N+](=O)[O-])cc3)ncc2C(F)(F)F)cc1. The van der Waals surface area contributed by atoms with Gasteiger partial charge in [0.2, 0.25) is 5.95 Å². The summed E-state index contributed by atoms with van der Waals surface area (Å²) in [6.07, 6.45) is -4.06. The Balaban J connectivity index is 1.90. The molecule has 29 heavy (non-hydrogen) atoms. The molecular formula is C18H11F3N6O2. The fraction of sp³-hybridized carbons (Fsp3) is 0.0556. The van der Waals surface area contributed by atoms with Gasteiger partial charge in [0.15, 0.2) is 0 Å². The van der Waals surface area contributed by atoms with E-state index in [2.05, 4.69) is 20.6 Å². The third-order valence-electron chi connectivity index (χ3n) is 3.71. The minimum atomic E-state index is -4.69. The summed E-state index contributed by atoms with van der Waals surface area (Å²) in [5, 5.41) is 24.8. The molecular weight excluding hydrogens is 389 g/mol. The van der Waals surface area contributed by atoms with Crippen molar-refractivity contribution in [3.63, 3.8) is 0 Å². The van der Waals surface area contributed by atoms with Crippen LogP contribution in [0.5, 0.6) is 0 Å². The van der Waals surface area contributed by atoms with Gasteiger partial charge >= 0.3 is 6.18 Å². The molecule has 0 spiro atoms. The lowest BCUT2D eigenvalue weighted by Crippen LogP contribution is -2.12. The molecule has 0 unspecified atom stereocenters. The number of rotatable bonds is 5. The number of hydrogen-bond acceptors (Lipinski definition) is 7. The number of halogens is 3. The number of nitro groups is 1. The van der Waals surface area contributed by atoms with Crippen molar-refractivity contribution < 1.29 is 18.1 Å². The number of anilines is 4. The summed E-state index contributed by atoms with van der Waals surface area (Å²) in [5.74, 6) is -0.621. The van der Waals surface area contributed by atoms with Crippen molar-refractivity contribution in [3.05, 3.63) is 76.0 Å². The number of aromatic nitrogens is 2. The van der Waals surface area contributed by atoms with Crippen LogP contribution in [0.15, 0.2) is 54.7 Å². The molecule has 1 heterocycles. The van der Waals surface area contributed by atoms with E-state index in [1.54, 1.807) is 0 Å². The van der Waals surface area contributed by atoms with Gasteiger partial charge in [-0.15, -0.1) is 0 Å². The Morgan fingerprint density at radius 3 is 2.14 bits per heavy atom. The lowest BCUT2D eigenvalue weighted by molar-refractivity contribution is -0.384. The van der Waals surface area contributed by atoms with E-state index in [0.29, 0.717) is 23.1 Å². The number of non-ortho nitro benzene ring substituents is 1. The summed E-state index contributed by atoms with van der Waals surface area (Å²) >= 11 is 0. The Kier molecular flexibility index (Phi) is 5.27. The Morgan fingerprint density at radius 1 is 1.00 bits per heavy atom. The van der Waals surface area contributed by atoms with E-state index in [0.717, 1.165) is 0 Å². The largest absolute Gasteiger partial charge is 0.421 e. The second-order valence-corrected chi connectivity index (χ2v) is 5.70. The van der Waals surface area contributed by atoms with E-state index < -0.39 is 22.5 Å². The number of nitro benzene ring substituents is 1. The minimum absolute atomic E-state index is 0.132. The van der Waals surface area contributed by atoms with E-state index in [1.807, 2.05) is 6.07 Å². The number of hydrogen-bond donors (Lipinski definition) is 2. The second-order valence-electron chi connectivity index (χ2n) is 5.70. The maximum absolute atomic E-state index is 13.3. The average Bonchev–Trinajstić information content (AvgIpc) is 2.68. The second kappa shape index (κ2) is 7.81. The number of nitrogens with zero attached hydrogens (tertiary/aromatic N) is 4. The minimum Gasteiger partial charge on any atom is -0.340 e. The molecule has 0 aliphatic rings. The first kappa shape index (κ1) is 19.6. The summed E-state index contributed by atoms with van der Waals surface area (Å²) < 4.78 is 39.9. The summed E-state index contributed by atoms with van der Waals surface area (Å²) in [6.45, 7) is 0. The van der Waals surface area contributed by atoms with Crippen molar-refractivity contribution in [1.29, 1.82) is 5.26 Å². The van der Waals surface area contributed by atoms with Crippen LogP contribution in [0.2, 0.25) is 0 Å². The maximum atomic E-state index is 13.3. The molecule has 3 aromatic rings. The van der Waals surface area contributed by atoms with Gasteiger partial charge in [-0.05, 0) is 36.4 Å². The van der Waals surface area contributed by atoms with Crippen LogP contribution in [0.3, 0.4) is 0 Å². The first-order valence-corrected chi connectivity index (χ1v) is 7.99. The van der Waals surface area contributed by atoms with Gasteiger partial charge in [-0.1, -0.05) is 0 Å². The highest BCUT2D eigenvalue weighted by Gasteiger charge is 2.35. The van der Waals surface area contributed by atoms with Gasteiger partial charge in [-0.25, -0.2) is 4.98 Å². The van der Waals surface area contributed by atoms with Crippen molar-refractivity contribution in [2.45, 2.75) is 6.18 Å². The van der Waals surface area contributed by atoms with E-state index >= 15 is 0 Å². The van der Waals surface area contributed by atoms with Crippen LogP contribution in [0.1, 0.15) is 11.1 Å². The summed E-state index contributed by atoms with van der Waals surface area (Å²) in [7, 11) is 0. The standard InChI is InChI=1S/C18H11F3N6O2/c19-18(20,21)15-10-23-17(25-13-5-7-14(8-6-13)27(28)29)26-16(15)24-12-3-1-11(9-22)2-4-12/h1-8,10H,(H2,23,24,25,26). The van der Waals surface area contributed by atoms with Crippen LogP contribution in [-0.2, 0) is 6.18 Å². The Morgan fingerprint density at radius 2 is 1.59 bits per heavy atom. The highest BCUT2D eigenvalue weighted by Crippen LogP contribution is 2.35. The van der Waals surface area contributed by atoms with Gasteiger partial charge < -0.3 is 10.6 Å². The fourth-order valence-corrected chi connectivity index (χ4v) is 2.31. The van der Waals surface area contributed by atoms with Gasteiger partial charge in [-0.3, -0.25) is 10.1 Å².